The van der Waals surface area contributed by atoms with Gasteiger partial charge in [-0.15, -0.1) is 0 Å². The Morgan fingerprint density at radius 2 is 1.54 bits per heavy atom. The predicted octanol–water partition coefficient (Wildman–Crippen LogP) is -1.98. The molecule has 0 bridgehead atoms. The van der Waals surface area contributed by atoms with Crippen LogP contribution < -0.4 is 21.7 Å². The van der Waals surface area contributed by atoms with E-state index in [0.717, 1.165) is 0 Å². The number of aliphatic carboxylic acids is 2. The molecular weight excluding hydrogens is 348 g/mol. The zero-order valence-electron chi connectivity index (χ0n) is 14.9. The van der Waals surface area contributed by atoms with Gasteiger partial charge < -0.3 is 31.9 Å². The van der Waals surface area contributed by atoms with E-state index < -0.39 is 60.8 Å². The fraction of sp³-hybridized carbons (Fsp3) is 0.667. The van der Waals surface area contributed by atoms with E-state index in [1.165, 1.54) is 6.92 Å². The van der Waals surface area contributed by atoms with Crippen LogP contribution in [0.4, 0.5) is 0 Å². The monoisotopic (exact) mass is 374 g/mol. The maximum Gasteiger partial charge on any atom is 0.326 e. The smallest absolute Gasteiger partial charge is 0.326 e. The fourth-order valence-electron chi connectivity index (χ4n) is 1.93. The van der Waals surface area contributed by atoms with Gasteiger partial charge in [0, 0.05) is 0 Å². The van der Waals surface area contributed by atoms with Gasteiger partial charge >= 0.3 is 11.9 Å². The molecule has 0 saturated carbocycles. The lowest BCUT2D eigenvalue weighted by Crippen LogP contribution is -2.52. The van der Waals surface area contributed by atoms with Gasteiger partial charge in [-0.1, -0.05) is 13.8 Å². The van der Waals surface area contributed by atoms with Gasteiger partial charge in [0.05, 0.1) is 19.0 Å². The van der Waals surface area contributed by atoms with Crippen molar-refractivity contribution in [1.82, 2.24) is 16.0 Å². The molecule has 0 heterocycles. The van der Waals surface area contributed by atoms with Gasteiger partial charge in [0.2, 0.25) is 17.7 Å². The van der Waals surface area contributed by atoms with E-state index in [-0.39, 0.29) is 12.3 Å². The van der Waals surface area contributed by atoms with Gasteiger partial charge in [0.15, 0.2) is 0 Å². The first kappa shape index (κ1) is 23.3. The van der Waals surface area contributed by atoms with Crippen LogP contribution in [0.5, 0.6) is 0 Å². The average Bonchev–Trinajstić information content (AvgIpc) is 2.50. The number of nitrogens with two attached hydrogens (primary N) is 1. The van der Waals surface area contributed by atoms with Crippen molar-refractivity contribution in [3.8, 4) is 0 Å². The second kappa shape index (κ2) is 11.0. The third kappa shape index (κ3) is 9.57. The molecule has 0 aliphatic heterocycles. The maximum atomic E-state index is 11.8. The summed E-state index contributed by atoms with van der Waals surface area (Å²) in [7, 11) is 0. The highest BCUT2D eigenvalue weighted by Crippen LogP contribution is 2.04. The molecule has 11 nitrogen and oxygen atoms in total. The summed E-state index contributed by atoms with van der Waals surface area (Å²) in [5.41, 5.74) is 5.37. The van der Waals surface area contributed by atoms with Crippen molar-refractivity contribution in [2.45, 2.75) is 51.7 Å². The third-order valence-electron chi connectivity index (χ3n) is 3.25. The van der Waals surface area contributed by atoms with E-state index in [0.29, 0.717) is 0 Å². The first-order valence-corrected chi connectivity index (χ1v) is 8.01. The summed E-state index contributed by atoms with van der Waals surface area (Å²) in [6.45, 7) is 4.48. The minimum absolute atomic E-state index is 0.0521. The molecule has 0 radical (unpaired) electrons. The van der Waals surface area contributed by atoms with Gasteiger partial charge in [-0.3, -0.25) is 19.2 Å². The standard InChI is InChI=1S/C15H26N4O7/c1-7(2)4-10(15(25)26)19-11(20)6-17-13(23)8(3)18-14(24)9(16)5-12(21)22/h7-10H,4-6,16H2,1-3H3,(H,17,23)(H,18,24)(H,19,20)(H,21,22)(H,25,26). The summed E-state index contributed by atoms with van der Waals surface area (Å²) >= 11 is 0. The zero-order chi connectivity index (χ0) is 20.4. The first-order chi connectivity index (χ1) is 11.9. The second-order valence-electron chi connectivity index (χ2n) is 6.24. The van der Waals surface area contributed by atoms with Crippen LogP contribution in [0.3, 0.4) is 0 Å². The van der Waals surface area contributed by atoms with Crippen molar-refractivity contribution in [2.75, 3.05) is 6.54 Å². The van der Waals surface area contributed by atoms with Gasteiger partial charge in [0.25, 0.3) is 0 Å². The molecule has 3 unspecified atom stereocenters. The number of carboxylic acids is 2. The summed E-state index contributed by atoms with van der Waals surface area (Å²) in [6.07, 6.45) is -0.349. The van der Waals surface area contributed by atoms with Gasteiger partial charge in [-0.05, 0) is 19.3 Å². The minimum Gasteiger partial charge on any atom is -0.481 e. The van der Waals surface area contributed by atoms with E-state index in [4.69, 9.17) is 15.9 Å². The van der Waals surface area contributed by atoms with Crippen LogP contribution in [0.25, 0.3) is 0 Å². The molecule has 0 aromatic rings. The van der Waals surface area contributed by atoms with E-state index in [2.05, 4.69) is 16.0 Å². The van der Waals surface area contributed by atoms with Crippen molar-refractivity contribution in [3.63, 3.8) is 0 Å². The molecule has 7 N–H and O–H groups in total. The molecule has 3 amide bonds. The van der Waals surface area contributed by atoms with Crippen LogP contribution in [0.2, 0.25) is 0 Å². The van der Waals surface area contributed by atoms with Crippen molar-refractivity contribution in [1.29, 1.82) is 0 Å². The molecule has 0 aromatic heterocycles. The lowest BCUT2D eigenvalue weighted by atomic mass is 10.0. The Balaban J connectivity index is 4.41. The van der Waals surface area contributed by atoms with Gasteiger partial charge in [-0.2, -0.15) is 0 Å². The first-order valence-electron chi connectivity index (χ1n) is 8.01. The number of carbonyl (C=O) groups is 5. The molecule has 0 aliphatic carbocycles. The summed E-state index contributed by atoms with van der Waals surface area (Å²) in [5, 5.41) is 24.4. The van der Waals surface area contributed by atoms with E-state index in [1.54, 1.807) is 0 Å². The molecule has 0 aliphatic rings. The average molecular weight is 374 g/mol. The highest BCUT2D eigenvalue weighted by Gasteiger charge is 2.24. The molecule has 0 saturated heterocycles. The quantitative estimate of drug-likeness (QED) is 0.240. The Labute approximate surface area is 150 Å². The van der Waals surface area contributed by atoms with Crippen LogP contribution in [0.1, 0.15) is 33.6 Å². The Kier molecular flexibility index (Phi) is 9.89. The Hall–Kier alpha value is -2.69. The van der Waals surface area contributed by atoms with Crippen LogP contribution >= 0.6 is 0 Å². The van der Waals surface area contributed by atoms with Crippen molar-refractivity contribution in [2.24, 2.45) is 11.7 Å². The molecule has 11 heteroatoms. The number of amides is 3. The lowest BCUT2D eigenvalue weighted by Gasteiger charge is -2.18. The highest BCUT2D eigenvalue weighted by molar-refractivity contribution is 5.93. The van der Waals surface area contributed by atoms with E-state index >= 15 is 0 Å². The number of nitrogens with one attached hydrogen (secondary N) is 3. The van der Waals surface area contributed by atoms with Gasteiger partial charge in [0.1, 0.15) is 12.1 Å². The maximum absolute atomic E-state index is 11.8. The van der Waals surface area contributed by atoms with Gasteiger partial charge in [-0.25, -0.2) is 4.79 Å². The van der Waals surface area contributed by atoms with Crippen molar-refractivity contribution in [3.05, 3.63) is 0 Å². The highest BCUT2D eigenvalue weighted by atomic mass is 16.4. The Bertz CT molecular complexity index is 550. The van der Waals surface area contributed by atoms with E-state index in [1.807, 2.05) is 13.8 Å². The molecule has 0 fully saturated rings. The topological polar surface area (TPSA) is 188 Å². The molecule has 0 spiro atoms. The number of rotatable bonds is 11. The Morgan fingerprint density at radius 1 is 0.962 bits per heavy atom. The molecule has 26 heavy (non-hydrogen) atoms. The SMILES string of the molecule is CC(C)CC(NC(=O)CNC(=O)C(C)NC(=O)C(N)CC(=O)O)C(=O)O. The number of carbonyl (C=O) groups excluding carboxylic acids is 3. The summed E-state index contributed by atoms with van der Waals surface area (Å²) in [4.78, 5) is 56.8. The summed E-state index contributed by atoms with van der Waals surface area (Å²) in [6, 6.07) is -3.43. The van der Waals surface area contributed by atoms with Crippen molar-refractivity contribution >= 4 is 29.7 Å². The molecule has 0 aromatic carbocycles. The number of hydrogen-bond acceptors (Lipinski definition) is 6. The molecule has 3 atom stereocenters. The van der Waals surface area contributed by atoms with E-state index in [9.17, 15) is 24.0 Å². The molecule has 0 rings (SSSR count). The molecule has 148 valence electrons. The summed E-state index contributed by atoms with van der Waals surface area (Å²) < 4.78 is 0. The molecular formula is C15H26N4O7. The normalized spacial score (nSPS) is 14.0. The summed E-state index contributed by atoms with van der Waals surface area (Å²) in [5.74, 6) is -4.58. The third-order valence-corrected chi connectivity index (χ3v) is 3.25. The number of hydrogen-bond donors (Lipinski definition) is 6. The number of carboxylic acid groups (broad SMARTS) is 2. The van der Waals surface area contributed by atoms with Crippen LogP contribution in [0.15, 0.2) is 0 Å². The zero-order valence-corrected chi connectivity index (χ0v) is 14.9. The van der Waals surface area contributed by atoms with Crippen LogP contribution in [0, 0.1) is 5.92 Å². The van der Waals surface area contributed by atoms with Crippen molar-refractivity contribution < 1.29 is 34.2 Å². The van der Waals surface area contributed by atoms with Crippen LogP contribution in [-0.4, -0.2) is 64.5 Å². The second-order valence-corrected chi connectivity index (χ2v) is 6.24. The predicted molar refractivity (Wildman–Crippen MR) is 89.9 cm³/mol. The minimum atomic E-state index is -1.31. The Morgan fingerprint density at radius 3 is 2.00 bits per heavy atom. The largest absolute Gasteiger partial charge is 0.481 e. The lowest BCUT2D eigenvalue weighted by molar-refractivity contribution is -0.142. The fourth-order valence-corrected chi connectivity index (χ4v) is 1.93. The van der Waals surface area contributed by atoms with Crippen LogP contribution in [-0.2, 0) is 24.0 Å².